The van der Waals surface area contributed by atoms with E-state index in [1.165, 1.54) is 0 Å². The number of carboxylic acid groups (broad SMARTS) is 1. The predicted molar refractivity (Wildman–Crippen MR) is 175 cm³/mol. The highest BCUT2D eigenvalue weighted by Gasteiger charge is 2.71. The van der Waals surface area contributed by atoms with Gasteiger partial charge in [-0.15, -0.1) is 0 Å². The molecule has 1 aliphatic heterocycles. The molecule has 0 unspecified atom stereocenters. The minimum Gasteiger partial charge on any atom is -0.481 e. The van der Waals surface area contributed by atoms with Gasteiger partial charge < -0.3 is 20.3 Å². The third kappa shape index (κ3) is 4.50. The SMILES string of the molecule is CC(C)[C@@H](C)[C@@]1(C)CC[C@]2(C)[C@H]3CC[C@@H]4[C@@]5(COC[C@]4(C)[C@@H](OC[C@](C)(N)C(C)(C)C)[C@H](C)C5)C3=CC[C@@]2(C)[C@@H]1C(=O)O. The highest BCUT2D eigenvalue weighted by molar-refractivity contribution is 5.73. The Bertz CT molecular complexity index is 1140. The van der Waals surface area contributed by atoms with E-state index in [1.54, 1.807) is 5.57 Å². The van der Waals surface area contributed by atoms with Gasteiger partial charge in [0.1, 0.15) is 0 Å². The fourth-order valence-electron chi connectivity index (χ4n) is 11.9. The van der Waals surface area contributed by atoms with Gasteiger partial charge in [-0.1, -0.05) is 87.8 Å². The molecule has 0 aromatic heterocycles. The van der Waals surface area contributed by atoms with Crippen molar-refractivity contribution in [1.82, 2.24) is 0 Å². The number of ether oxygens (including phenoxy) is 2. The van der Waals surface area contributed by atoms with Crippen LogP contribution >= 0.6 is 0 Å². The number of carbonyl (C=O) groups is 1. The number of allylic oxidation sites excluding steroid dienone is 1. The molecule has 5 aliphatic rings. The summed E-state index contributed by atoms with van der Waals surface area (Å²) in [7, 11) is 0. The lowest BCUT2D eigenvalue weighted by Gasteiger charge is -2.71. The fourth-order valence-corrected chi connectivity index (χ4v) is 11.9. The molecular formula is C38H65NO4. The summed E-state index contributed by atoms with van der Waals surface area (Å²) in [5.41, 5.74) is 7.36. The maximum absolute atomic E-state index is 13.3. The van der Waals surface area contributed by atoms with Crippen LogP contribution in [0, 0.1) is 68.0 Å². The van der Waals surface area contributed by atoms with Crippen molar-refractivity contribution in [2.45, 2.75) is 133 Å². The standard InChI is InChI=1S/C38H65NO4/c1-23(2)25(4)33(8)17-18-35(10)26-13-14-28-34(9)20-42-22-38(28,27(26)15-16-36(35,11)29(33)31(40)41)19-24(3)30(34)43-21-37(12,39)32(5,6)7/h15,23-26,28-30H,13-14,16-22,39H2,1-12H3,(H,40,41)/t24-,25-,26+,28+,29-,30+,33-,34+,35-,36+,37+,38+/m1/s1. The lowest BCUT2D eigenvalue weighted by Crippen LogP contribution is -2.69. The summed E-state index contributed by atoms with van der Waals surface area (Å²) in [4.78, 5) is 13.3. The highest BCUT2D eigenvalue weighted by Crippen LogP contribution is 2.75. The molecule has 0 aromatic carbocycles. The van der Waals surface area contributed by atoms with Gasteiger partial charge in [0, 0.05) is 16.4 Å². The number of fused-ring (bicyclic) bond motifs is 3. The van der Waals surface area contributed by atoms with E-state index in [-0.39, 0.29) is 44.5 Å². The molecule has 0 radical (unpaired) electrons. The molecule has 12 atom stereocenters. The minimum atomic E-state index is -0.589. The first kappa shape index (κ1) is 33.5. The Labute approximate surface area is 263 Å². The molecule has 3 N–H and O–H groups in total. The molecule has 43 heavy (non-hydrogen) atoms. The van der Waals surface area contributed by atoms with Gasteiger partial charge in [-0.2, -0.15) is 0 Å². The van der Waals surface area contributed by atoms with Crippen LogP contribution in [0.5, 0.6) is 0 Å². The van der Waals surface area contributed by atoms with Crippen molar-refractivity contribution in [3.8, 4) is 0 Å². The van der Waals surface area contributed by atoms with Gasteiger partial charge in [-0.3, -0.25) is 4.79 Å². The summed E-state index contributed by atoms with van der Waals surface area (Å²) >= 11 is 0. The fraction of sp³-hybridized carbons (Fsp3) is 0.921. The van der Waals surface area contributed by atoms with Crippen LogP contribution in [0.1, 0.15) is 122 Å². The van der Waals surface area contributed by atoms with Crippen LogP contribution in [0.4, 0.5) is 0 Å². The van der Waals surface area contributed by atoms with E-state index >= 15 is 0 Å². The maximum Gasteiger partial charge on any atom is 0.307 e. The Morgan fingerprint density at radius 2 is 1.72 bits per heavy atom. The van der Waals surface area contributed by atoms with E-state index < -0.39 is 11.5 Å². The van der Waals surface area contributed by atoms with Crippen molar-refractivity contribution in [1.29, 1.82) is 0 Å². The number of hydrogen-bond acceptors (Lipinski definition) is 4. The lowest BCUT2D eigenvalue weighted by molar-refractivity contribution is -0.253. The van der Waals surface area contributed by atoms with Crippen molar-refractivity contribution < 1.29 is 19.4 Å². The molecule has 5 rings (SSSR count). The Hall–Kier alpha value is -0.910. The van der Waals surface area contributed by atoms with Gasteiger partial charge >= 0.3 is 5.97 Å². The molecule has 4 aliphatic carbocycles. The van der Waals surface area contributed by atoms with Crippen LogP contribution in [0.3, 0.4) is 0 Å². The largest absolute Gasteiger partial charge is 0.481 e. The van der Waals surface area contributed by atoms with Crippen molar-refractivity contribution in [3.05, 3.63) is 11.6 Å². The molecule has 0 spiro atoms. The van der Waals surface area contributed by atoms with E-state index in [2.05, 4.69) is 89.2 Å². The number of rotatable bonds is 6. The second-order valence-electron chi connectivity index (χ2n) is 18.9. The van der Waals surface area contributed by atoms with Gasteiger partial charge in [0.05, 0.1) is 31.8 Å². The van der Waals surface area contributed by atoms with Crippen molar-refractivity contribution in [3.63, 3.8) is 0 Å². The molecule has 1 saturated heterocycles. The molecule has 5 heteroatoms. The molecule has 0 aromatic rings. The lowest BCUT2D eigenvalue weighted by atomic mass is 9.34. The number of carboxylic acids is 1. The maximum atomic E-state index is 13.3. The van der Waals surface area contributed by atoms with E-state index in [9.17, 15) is 9.90 Å². The van der Waals surface area contributed by atoms with Crippen molar-refractivity contribution >= 4 is 5.97 Å². The molecule has 4 fully saturated rings. The van der Waals surface area contributed by atoms with Gasteiger partial charge in [0.2, 0.25) is 0 Å². The van der Waals surface area contributed by atoms with Gasteiger partial charge in [-0.25, -0.2) is 0 Å². The number of aliphatic carboxylic acids is 1. The first-order valence-corrected chi connectivity index (χ1v) is 17.5. The number of hydrogen-bond donors (Lipinski definition) is 2. The van der Waals surface area contributed by atoms with Crippen molar-refractivity contribution in [2.75, 3.05) is 19.8 Å². The smallest absolute Gasteiger partial charge is 0.307 e. The zero-order valence-corrected chi connectivity index (χ0v) is 29.7. The third-order valence-electron chi connectivity index (χ3n) is 15.6. The molecule has 5 nitrogen and oxygen atoms in total. The Morgan fingerprint density at radius 3 is 2.30 bits per heavy atom. The predicted octanol–water partition coefficient (Wildman–Crippen LogP) is 8.36. The number of nitrogens with two attached hydrogens (primary N) is 1. The molecular weight excluding hydrogens is 534 g/mol. The average molecular weight is 600 g/mol. The second kappa shape index (κ2) is 10.3. The molecule has 2 bridgehead atoms. The normalized spacial score (nSPS) is 48.3. The Kier molecular flexibility index (Phi) is 8.01. The van der Waals surface area contributed by atoms with Gasteiger partial charge in [0.25, 0.3) is 0 Å². The Balaban J connectivity index is 1.52. The van der Waals surface area contributed by atoms with Crippen LogP contribution in [0.15, 0.2) is 11.6 Å². The van der Waals surface area contributed by atoms with Crippen molar-refractivity contribution in [2.24, 2.45) is 73.7 Å². The van der Waals surface area contributed by atoms with Crippen LogP contribution in [-0.2, 0) is 14.3 Å². The summed E-state index contributed by atoms with van der Waals surface area (Å²) in [6.45, 7) is 29.6. The van der Waals surface area contributed by atoms with Crippen LogP contribution < -0.4 is 5.73 Å². The average Bonchev–Trinajstić information content (AvgIpc) is 2.87. The second-order valence-corrected chi connectivity index (χ2v) is 18.9. The third-order valence-corrected chi connectivity index (χ3v) is 15.6. The van der Waals surface area contributed by atoms with E-state index in [4.69, 9.17) is 15.2 Å². The first-order valence-electron chi connectivity index (χ1n) is 17.5. The summed E-state index contributed by atoms with van der Waals surface area (Å²) in [5.74, 6) is 1.19. The van der Waals surface area contributed by atoms with Crippen LogP contribution in [-0.4, -0.2) is 42.5 Å². The van der Waals surface area contributed by atoms with Crippen LogP contribution in [0.2, 0.25) is 0 Å². The zero-order chi connectivity index (χ0) is 32.2. The first-order chi connectivity index (χ1) is 19.6. The summed E-state index contributed by atoms with van der Waals surface area (Å²) < 4.78 is 13.5. The zero-order valence-electron chi connectivity index (χ0n) is 29.7. The monoisotopic (exact) mass is 599 g/mol. The molecule has 246 valence electrons. The Morgan fingerprint density at radius 1 is 1.07 bits per heavy atom. The van der Waals surface area contributed by atoms with Gasteiger partial charge in [-0.05, 0) is 96.7 Å². The summed E-state index contributed by atoms with van der Waals surface area (Å²) in [6.07, 6.45) is 8.99. The van der Waals surface area contributed by atoms with E-state index in [1.807, 2.05) is 0 Å². The van der Waals surface area contributed by atoms with Crippen LogP contribution in [0.25, 0.3) is 0 Å². The highest BCUT2D eigenvalue weighted by atomic mass is 16.5. The molecule has 1 heterocycles. The minimum absolute atomic E-state index is 0.0142. The molecule has 0 amide bonds. The quantitative estimate of drug-likeness (QED) is 0.300. The van der Waals surface area contributed by atoms with E-state index in [0.29, 0.717) is 36.2 Å². The van der Waals surface area contributed by atoms with Gasteiger partial charge in [0.15, 0.2) is 0 Å². The summed E-state index contributed by atoms with van der Waals surface area (Å²) in [6, 6.07) is 0. The molecule has 3 saturated carbocycles. The van der Waals surface area contributed by atoms with E-state index in [0.717, 1.165) is 51.7 Å². The summed E-state index contributed by atoms with van der Waals surface area (Å²) in [5, 5.41) is 10.9. The topological polar surface area (TPSA) is 81.8 Å².